The van der Waals surface area contributed by atoms with Crippen molar-refractivity contribution in [2.45, 2.75) is 44.9 Å². The lowest BCUT2D eigenvalue weighted by Gasteiger charge is -2.46. The molecule has 1 aromatic heterocycles. The zero-order valence-corrected chi connectivity index (χ0v) is 18.1. The Morgan fingerprint density at radius 2 is 2.00 bits per heavy atom. The Morgan fingerprint density at radius 1 is 1.29 bits per heavy atom. The number of halogens is 5. The molecule has 182 valence electrons. The van der Waals surface area contributed by atoms with E-state index in [4.69, 9.17) is 0 Å². The highest BCUT2D eigenvalue weighted by Gasteiger charge is 2.53. The second-order valence-corrected chi connectivity index (χ2v) is 8.35. The third-order valence-electron chi connectivity index (χ3n) is 6.03. The maximum absolute atomic E-state index is 14.3. The highest BCUT2D eigenvalue weighted by atomic mass is 19.4. The number of aliphatic hydroxyl groups is 1. The molecule has 1 atom stereocenters. The van der Waals surface area contributed by atoms with Crippen LogP contribution in [0.4, 0.5) is 27.6 Å². The fraction of sp³-hybridized carbons (Fsp3) is 0.364. The lowest BCUT2D eigenvalue weighted by atomic mass is 9.90. The molecule has 2 aliphatic heterocycles. The molecule has 4 rings (SSSR count). The maximum atomic E-state index is 14.3. The van der Waals surface area contributed by atoms with Gasteiger partial charge < -0.3 is 14.8 Å². The van der Waals surface area contributed by atoms with E-state index < -0.39 is 64.5 Å². The van der Waals surface area contributed by atoms with E-state index in [1.807, 2.05) is 5.32 Å². The first-order valence-corrected chi connectivity index (χ1v) is 10.3. The monoisotopic (exact) mass is 485 g/mol. The summed E-state index contributed by atoms with van der Waals surface area (Å²) in [5.41, 5.74) is -2.92. The van der Waals surface area contributed by atoms with Crippen molar-refractivity contribution < 1.29 is 41.1 Å². The molecule has 7 nitrogen and oxygen atoms in total. The number of anilines is 1. The molecule has 0 aliphatic carbocycles. The van der Waals surface area contributed by atoms with Crippen molar-refractivity contribution >= 4 is 17.5 Å². The van der Waals surface area contributed by atoms with Crippen molar-refractivity contribution in [1.82, 2.24) is 10.0 Å². The SMILES string of the molecule is Cc1cc(NC(=O)C2=C(O)C3(C)CCCN3N(Cc3cccc(F)c3F)C2=O)c(C(F)(F)F)o1. The maximum Gasteiger partial charge on any atom is 0.451 e. The van der Waals surface area contributed by atoms with Gasteiger partial charge in [-0.3, -0.25) is 14.6 Å². The topological polar surface area (TPSA) is 86.0 Å². The number of carbonyl (C=O) groups is 2. The average Bonchev–Trinajstić information content (AvgIpc) is 3.32. The van der Waals surface area contributed by atoms with Gasteiger partial charge in [-0.15, -0.1) is 0 Å². The molecule has 0 saturated carbocycles. The molecule has 3 heterocycles. The van der Waals surface area contributed by atoms with E-state index in [1.165, 1.54) is 24.1 Å². The molecule has 1 aromatic carbocycles. The zero-order valence-electron chi connectivity index (χ0n) is 18.1. The van der Waals surface area contributed by atoms with E-state index in [2.05, 4.69) is 4.42 Å². The molecule has 1 fully saturated rings. The van der Waals surface area contributed by atoms with E-state index in [-0.39, 0.29) is 17.9 Å². The number of hydrogen-bond acceptors (Lipinski definition) is 5. The second-order valence-electron chi connectivity index (χ2n) is 8.35. The zero-order chi connectivity index (χ0) is 25.0. The number of fused-ring (bicyclic) bond motifs is 1. The Bertz CT molecular complexity index is 1210. The number of aryl methyl sites for hydroxylation is 1. The quantitative estimate of drug-likeness (QED) is 0.494. The summed E-state index contributed by atoms with van der Waals surface area (Å²) in [6, 6.07) is 4.37. The van der Waals surface area contributed by atoms with Gasteiger partial charge >= 0.3 is 6.18 Å². The van der Waals surface area contributed by atoms with Gasteiger partial charge in [0.25, 0.3) is 11.8 Å². The van der Waals surface area contributed by atoms with Crippen LogP contribution in [0.1, 0.15) is 36.8 Å². The van der Waals surface area contributed by atoms with Crippen LogP contribution in [0.2, 0.25) is 0 Å². The number of carbonyl (C=O) groups excluding carboxylic acids is 2. The van der Waals surface area contributed by atoms with Crippen molar-refractivity contribution in [2.24, 2.45) is 0 Å². The summed E-state index contributed by atoms with van der Waals surface area (Å²) in [6.45, 7) is 2.62. The molecule has 2 aliphatic rings. The molecule has 12 heteroatoms. The van der Waals surface area contributed by atoms with E-state index >= 15 is 0 Å². The number of amides is 2. The number of hydrogen-bond donors (Lipinski definition) is 2. The Balaban J connectivity index is 1.73. The van der Waals surface area contributed by atoms with E-state index in [9.17, 15) is 36.6 Å². The normalized spacial score (nSPS) is 21.3. The lowest BCUT2D eigenvalue weighted by molar-refractivity contribution is -0.160. The van der Waals surface area contributed by atoms with Crippen LogP contribution < -0.4 is 5.32 Å². The van der Waals surface area contributed by atoms with Gasteiger partial charge in [-0.1, -0.05) is 12.1 Å². The van der Waals surface area contributed by atoms with Crippen molar-refractivity contribution in [3.05, 3.63) is 64.3 Å². The number of furan rings is 1. The summed E-state index contributed by atoms with van der Waals surface area (Å²) in [7, 11) is 0. The van der Waals surface area contributed by atoms with Crippen LogP contribution in [0.15, 0.2) is 40.0 Å². The minimum Gasteiger partial charge on any atom is -0.509 e. The number of aliphatic hydroxyl groups excluding tert-OH is 1. The minimum atomic E-state index is -4.92. The first-order chi connectivity index (χ1) is 15.8. The van der Waals surface area contributed by atoms with Crippen molar-refractivity contribution in [2.75, 3.05) is 11.9 Å². The van der Waals surface area contributed by atoms with Crippen LogP contribution in [-0.4, -0.2) is 39.0 Å². The number of hydrazine groups is 1. The molecule has 2 N–H and O–H groups in total. The van der Waals surface area contributed by atoms with Gasteiger partial charge in [-0.2, -0.15) is 13.2 Å². The molecule has 34 heavy (non-hydrogen) atoms. The van der Waals surface area contributed by atoms with Gasteiger partial charge in [0.05, 0.1) is 17.8 Å². The molecule has 0 spiro atoms. The largest absolute Gasteiger partial charge is 0.509 e. The standard InChI is InChI=1S/C22H20F5N3O4/c1-11-9-14(18(34-11)22(25,26)27)28-19(32)15-17(31)21(2)7-4-8-30(21)29(20(15)33)10-12-5-3-6-13(23)16(12)24/h3,5-6,9,31H,4,7-8,10H2,1-2H3,(H,28,32). The van der Waals surface area contributed by atoms with E-state index in [0.717, 1.165) is 17.1 Å². The predicted octanol–water partition coefficient (Wildman–Crippen LogP) is 4.45. The predicted molar refractivity (Wildman–Crippen MR) is 108 cm³/mol. The number of benzene rings is 1. The van der Waals surface area contributed by atoms with Crippen LogP contribution in [0.25, 0.3) is 0 Å². The molecule has 2 aromatic rings. The number of rotatable bonds is 4. The highest BCUT2D eigenvalue weighted by molar-refractivity contribution is 6.23. The first-order valence-electron chi connectivity index (χ1n) is 10.3. The van der Waals surface area contributed by atoms with Crippen molar-refractivity contribution in [3.63, 3.8) is 0 Å². The van der Waals surface area contributed by atoms with Gasteiger partial charge in [0.2, 0.25) is 5.76 Å². The number of alkyl halides is 3. The van der Waals surface area contributed by atoms with Crippen molar-refractivity contribution in [3.8, 4) is 0 Å². The third kappa shape index (κ3) is 3.81. The molecule has 1 unspecified atom stereocenters. The summed E-state index contributed by atoms with van der Waals surface area (Å²) >= 11 is 0. The van der Waals surface area contributed by atoms with Crippen molar-refractivity contribution in [1.29, 1.82) is 0 Å². The highest BCUT2D eigenvalue weighted by Crippen LogP contribution is 2.42. The molecule has 0 radical (unpaired) electrons. The van der Waals surface area contributed by atoms with Gasteiger partial charge in [-0.05, 0) is 32.8 Å². The molecule has 2 amide bonds. The summed E-state index contributed by atoms with van der Waals surface area (Å²) in [4.78, 5) is 26.3. The van der Waals surface area contributed by atoms with Gasteiger partial charge in [0.15, 0.2) is 11.6 Å². The van der Waals surface area contributed by atoms with Gasteiger partial charge in [0.1, 0.15) is 17.1 Å². The Kier molecular flexibility index (Phi) is 5.67. The molecular formula is C22H20F5N3O4. The summed E-state index contributed by atoms with van der Waals surface area (Å²) < 4.78 is 72.5. The summed E-state index contributed by atoms with van der Waals surface area (Å²) in [5, 5.41) is 15.3. The Labute approximate surface area is 190 Å². The Hall–Kier alpha value is -3.41. The summed E-state index contributed by atoms with van der Waals surface area (Å²) in [6.07, 6.45) is -4.10. The fourth-order valence-electron chi connectivity index (χ4n) is 4.38. The third-order valence-corrected chi connectivity index (χ3v) is 6.03. The van der Waals surface area contributed by atoms with Gasteiger partial charge in [0, 0.05) is 18.2 Å². The number of nitrogens with zero attached hydrogens (tertiary/aromatic N) is 2. The second kappa shape index (κ2) is 8.12. The first kappa shape index (κ1) is 23.7. The Morgan fingerprint density at radius 3 is 2.68 bits per heavy atom. The molecule has 0 bridgehead atoms. The number of nitrogens with one attached hydrogen (secondary N) is 1. The van der Waals surface area contributed by atoms with E-state index in [0.29, 0.717) is 12.8 Å². The van der Waals surface area contributed by atoms with Crippen LogP contribution >= 0.6 is 0 Å². The van der Waals surface area contributed by atoms with Crippen LogP contribution in [0.5, 0.6) is 0 Å². The smallest absolute Gasteiger partial charge is 0.451 e. The van der Waals surface area contributed by atoms with Crippen LogP contribution in [0, 0.1) is 18.6 Å². The minimum absolute atomic E-state index is 0.132. The lowest BCUT2D eigenvalue weighted by Crippen LogP contribution is -2.60. The summed E-state index contributed by atoms with van der Waals surface area (Å²) in [5.74, 6) is -6.86. The van der Waals surface area contributed by atoms with Gasteiger partial charge in [-0.25, -0.2) is 13.8 Å². The van der Waals surface area contributed by atoms with Crippen LogP contribution in [0.3, 0.4) is 0 Å². The van der Waals surface area contributed by atoms with E-state index in [1.54, 1.807) is 6.92 Å². The molecular weight excluding hydrogens is 465 g/mol. The fourth-order valence-corrected chi connectivity index (χ4v) is 4.38. The molecule has 1 saturated heterocycles. The van der Waals surface area contributed by atoms with Crippen LogP contribution in [-0.2, 0) is 22.3 Å². The average molecular weight is 485 g/mol.